The number of hydrogen-bond donors (Lipinski definition) is 0. The summed E-state index contributed by atoms with van der Waals surface area (Å²) in [4.78, 5) is 17.1. The van der Waals surface area contributed by atoms with Gasteiger partial charge in [-0.3, -0.25) is 4.79 Å². The van der Waals surface area contributed by atoms with E-state index in [2.05, 4.69) is 22.2 Å². The van der Waals surface area contributed by atoms with Crippen molar-refractivity contribution in [1.82, 2.24) is 14.6 Å². The van der Waals surface area contributed by atoms with Gasteiger partial charge in [0.15, 0.2) is 6.29 Å². The number of nitrogens with zero attached hydrogens (tertiary/aromatic N) is 3. The molecule has 26 heavy (non-hydrogen) atoms. The lowest BCUT2D eigenvalue weighted by Crippen LogP contribution is -1.96. The van der Waals surface area contributed by atoms with Crippen LogP contribution >= 0.6 is 11.3 Å². The Bertz CT molecular complexity index is 1040. The van der Waals surface area contributed by atoms with Gasteiger partial charge in [0, 0.05) is 12.0 Å². The average molecular weight is 363 g/mol. The molecular weight excluding hydrogens is 346 g/mol. The Morgan fingerprint density at radius 2 is 1.88 bits per heavy atom. The van der Waals surface area contributed by atoms with Crippen LogP contribution in [-0.2, 0) is 6.42 Å². The molecule has 0 amide bonds. The molecule has 0 aliphatic rings. The van der Waals surface area contributed by atoms with Crippen LogP contribution in [0.1, 0.15) is 28.0 Å². The van der Waals surface area contributed by atoms with Crippen molar-refractivity contribution in [1.29, 1.82) is 0 Å². The summed E-state index contributed by atoms with van der Waals surface area (Å²) in [5.74, 6) is 0.799. The van der Waals surface area contributed by atoms with Gasteiger partial charge in [-0.25, -0.2) is 4.98 Å². The minimum atomic E-state index is 0.472. The highest BCUT2D eigenvalue weighted by Gasteiger charge is 2.17. The number of fused-ring (bicyclic) bond motifs is 1. The third-order valence-corrected chi connectivity index (χ3v) is 4.94. The van der Waals surface area contributed by atoms with E-state index in [9.17, 15) is 4.79 Å². The molecule has 0 N–H and O–H groups in total. The van der Waals surface area contributed by atoms with Gasteiger partial charge in [-0.1, -0.05) is 41.7 Å². The number of ether oxygens (including phenoxy) is 1. The molecule has 4 aromatic rings. The molecule has 0 spiro atoms. The Kier molecular flexibility index (Phi) is 4.50. The summed E-state index contributed by atoms with van der Waals surface area (Å²) in [5.41, 5.74) is 3.18. The van der Waals surface area contributed by atoms with E-state index in [1.165, 1.54) is 16.9 Å². The maximum Gasteiger partial charge on any atom is 0.213 e. The van der Waals surface area contributed by atoms with Gasteiger partial charge in [-0.2, -0.15) is 9.61 Å². The molecule has 2 aromatic carbocycles. The van der Waals surface area contributed by atoms with E-state index in [1.54, 1.807) is 4.52 Å². The number of carbonyl (C=O) groups excluding carboxylic acids is 1. The first-order valence-electron chi connectivity index (χ1n) is 8.39. The normalized spacial score (nSPS) is 11.0. The van der Waals surface area contributed by atoms with Crippen LogP contribution in [0.3, 0.4) is 0 Å². The minimum Gasteiger partial charge on any atom is -0.494 e. The van der Waals surface area contributed by atoms with Crippen LogP contribution in [0.15, 0.2) is 54.6 Å². The predicted molar refractivity (Wildman–Crippen MR) is 102 cm³/mol. The Morgan fingerprint density at radius 3 is 2.58 bits per heavy atom. The monoisotopic (exact) mass is 363 g/mol. The summed E-state index contributed by atoms with van der Waals surface area (Å²) >= 11 is 1.51. The van der Waals surface area contributed by atoms with E-state index in [0.29, 0.717) is 18.0 Å². The molecule has 4 rings (SSSR count). The first-order valence-corrected chi connectivity index (χ1v) is 9.21. The molecule has 0 aliphatic heterocycles. The third kappa shape index (κ3) is 3.11. The zero-order valence-electron chi connectivity index (χ0n) is 14.3. The summed E-state index contributed by atoms with van der Waals surface area (Å²) in [6.07, 6.45) is 1.54. The smallest absolute Gasteiger partial charge is 0.213 e. The maximum absolute atomic E-state index is 11.7. The molecule has 0 bridgehead atoms. The molecule has 130 valence electrons. The summed E-state index contributed by atoms with van der Waals surface area (Å²) < 4.78 is 7.10. The molecule has 0 saturated heterocycles. The van der Waals surface area contributed by atoms with Crippen LogP contribution in [0, 0.1) is 0 Å². The number of aromatic nitrogens is 3. The van der Waals surface area contributed by atoms with Crippen LogP contribution in [0.4, 0.5) is 0 Å². The largest absolute Gasteiger partial charge is 0.494 e. The average Bonchev–Trinajstić information content (AvgIpc) is 3.20. The quantitative estimate of drug-likeness (QED) is 0.480. The fraction of sp³-hybridized carbons (Fsp3) is 0.150. The van der Waals surface area contributed by atoms with Gasteiger partial charge in [0.2, 0.25) is 4.96 Å². The lowest BCUT2D eigenvalue weighted by molar-refractivity contribution is 0.111. The first kappa shape index (κ1) is 16.5. The highest BCUT2D eigenvalue weighted by Crippen LogP contribution is 2.28. The second-order valence-electron chi connectivity index (χ2n) is 5.77. The maximum atomic E-state index is 11.7. The Morgan fingerprint density at radius 1 is 1.12 bits per heavy atom. The number of hydrogen-bond acceptors (Lipinski definition) is 5. The van der Waals surface area contributed by atoms with E-state index in [1.807, 2.05) is 49.4 Å². The summed E-state index contributed by atoms with van der Waals surface area (Å²) in [6, 6.07) is 17.7. The van der Waals surface area contributed by atoms with Crippen LogP contribution in [0.5, 0.6) is 5.75 Å². The second-order valence-corrected chi connectivity index (χ2v) is 6.81. The molecule has 2 heterocycles. The highest BCUT2D eigenvalue weighted by molar-refractivity contribution is 7.16. The standard InChI is InChI=1S/C20H17N3O2S/c1-2-25-16-10-8-15(9-11-16)19-17(13-24)23-20(21-19)26-18(22-23)12-14-6-4-3-5-7-14/h3-11,13H,2,12H2,1H3. The van der Waals surface area contributed by atoms with E-state index in [4.69, 9.17) is 4.74 Å². The minimum absolute atomic E-state index is 0.472. The number of benzene rings is 2. The molecule has 0 atom stereocenters. The SMILES string of the molecule is CCOc1ccc(-c2nc3sc(Cc4ccccc4)nn3c2C=O)cc1. The van der Waals surface area contributed by atoms with Crippen LogP contribution < -0.4 is 4.74 Å². The van der Waals surface area contributed by atoms with Gasteiger partial charge in [-0.05, 0) is 36.8 Å². The fourth-order valence-electron chi connectivity index (χ4n) is 2.84. The first-order chi connectivity index (χ1) is 12.8. The van der Waals surface area contributed by atoms with Gasteiger partial charge >= 0.3 is 0 Å². The van der Waals surface area contributed by atoms with Gasteiger partial charge < -0.3 is 4.74 Å². The second kappa shape index (κ2) is 7.09. The fourth-order valence-corrected chi connectivity index (χ4v) is 3.77. The lowest BCUT2D eigenvalue weighted by atomic mass is 10.1. The number of imidazole rings is 1. The zero-order chi connectivity index (χ0) is 17.9. The van der Waals surface area contributed by atoms with Crippen molar-refractivity contribution in [2.24, 2.45) is 0 Å². The van der Waals surface area contributed by atoms with E-state index in [0.717, 1.165) is 34.0 Å². The number of carbonyl (C=O) groups is 1. The molecule has 2 aromatic heterocycles. The van der Waals surface area contributed by atoms with Crippen molar-refractivity contribution < 1.29 is 9.53 Å². The van der Waals surface area contributed by atoms with Crippen molar-refractivity contribution >= 4 is 22.6 Å². The van der Waals surface area contributed by atoms with Crippen LogP contribution in [0.25, 0.3) is 16.2 Å². The zero-order valence-corrected chi connectivity index (χ0v) is 15.1. The highest BCUT2D eigenvalue weighted by atomic mass is 32.1. The van der Waals surface area contributed by atoms with E-state index >= 15 is 0 Å². The molecule has 5 nitrogen and oxygen atoms in total. The summed E-state index contributed by atoms with van der Waals surface area (Å²) in [6.45, 7) is 2.56. The van der Waals surface area contributed by atoms with Crippen molar-refractivity contribution in [3.8, 4) is 17.0 Å². The predicted octanol–water partition coefficient (Wildman–Crippen LogP) is 4.26. The molecular formula is C20H17N3O2S. The molecule has 0 unspecified atom stereocenters. The van der Waals surface area contributed by atoms with Gasteiger partial charge in [0.25, 0.3) is 0 Å². The van der Waals surface area contributed by atoms with Crippen molar-refractivity contribution in [2.45, 2.75) is 13.3 Å². The summed E-state index contributed by atoms with van der Waals surface area (Å²) in [7, 11) is 0. The molecule has 0 aliphatic carbocycles. The molecule has 0 saturated carbocycles. The number of aldehydes is 1. The van der Waals surface area contributed by atoms with Crippen LogP contribution in [0.2, 0.25) is 0 Å². The van der Waals surface area contributed by atoms with E-state index < -0.39 is 0 Å². The van der Waals surface area contributed by atoms with Gasteiger partial charge in [0.1, 0.15) is 22.1 Å². The molecule has 0 fully saturated rings. The Labute approximate surface area is 154 Å². The van der Waals surface area contributed by atoms with Crippen molar-refractivity contribution in [2.75, 3.05) is 6.61 Å². The Hall–Kier alpha value is -2.99. The molecule has 0 radical (unpaired) electrons. The molecule has 6 heteroatoms. The number of rotatable bonds is 6. The summed E-state index contributed by atoms with van der Waals surface area (Å²) in [5, 5.41) is 5.52. The third-order valence-electron chi connectivity index (χ3n) is 4.03. The lowest BCUT2D eigenvalue weighted by Gasteiger charge is -2.03. The van der Waals surface area contributed by atoms with Gasteiger partial charge in [-0.15, -0.1) is 0 Å². The van der Waals surface area contributed by atoms with Crippen molar-refractivity contribution in [3.63, 3.8) is 0 Å². The topological polar surface area (TPSA) is 56.5 Å². The Balaban J connectivity index is 1.68. The van der Waals surface area contributed by atoms with Crippen molar-refractivity contribution in [3.05, 3.63) is 70.9 Å². The van der Waals surface area contributed by atoms with E-state index in [-0.39, 0.29) is 0 Å². The van der Waals surface area contributed by atoms with Crippen LogP contribution in [-0.4, -0.2) is 27.5 Å². The van der Waals surface area contributed by atoms with Gasteiger partial charge in [0.05, 0.1) is 6.61 Å².